The highest BCUT2D eigenvalue weighted by Gasteiger charge is 2.23. The second-order valence-corrected chi connectivity index (χ2v) is 7.08. The number of benzene rings is 2. The van der Waals surface area contributed by atoms with Crippen LogP contribution >= 0.6 is 11.6 Å². The van der Waals surface area contributed by atoms with E-state index >= 15 is 0 Å². The standard InChI is InChI=1S/C21H24ClNO3/c1-15(2)12-19(21(25)26-14-17-6-4-3-5-7-17)23-20(24)13-16-8-10-18(22)11-9-16/h3-11,15,19H,12-14H2,1-2H3,(H,23,24)/t19-/m0/s1. The van der Waals surface area contributed by atoms with E-state index in [1.54, 1.807) is 24.3 Å². The van der Waals surface area contributed by atoms with Gasteiger partial charge in [-0.1, -0.05) is 67.9 Å². The number of esters is 1. The third-order valence-electron chi connectivity index (χ3n) is 3.83. The van der Waals surface area contributed by atoms with Crippen molar-refractivity contribution in [1.82, 2.24) is 5.32 Å². The molecule has 0 bridgehead atoms. The summed E-state index contributed by atoms with van der Waals surface area (Å²) in [6.45, 7) is 4.20. The van der Waals surface area contributed by atoms with Gasteiger partial charge in [-0.25, -0.2) is 4.79 Å². The largest absolute Gasteiger partial charge is 0.459 e. The molecule has 1 amide bonds. The zero-order valence-electron chi connectivity index (χ0n) is 15.1. The molecule has 0 aromatic heterocycles. The van der Waals surface area contributed by atoms with Crippen LogP contribution in [0.3, 0.4) is 0 Å². The van der Waals surface area contributed by atoms with E-state index in [4.69, 9.17) is 16.3 Å². The topological polar surface area (TPSA) is 55.4 Å². The fraction of sp³-hybridized carbons (Fsp3) is 0.333. The molecule has 0 unspecified atom stereocenters. The maximum atomic E-state index is 12.4. The van der Waals surface area contributed by atoms with Crippen LogP contribution in [0.2, 0.25) is 5.02 Å². The van der Waals surface area contributed by atoms with Gasteiger partial charge in [0.15, 0.2) is 0 Å². The van der Waals surface area contributed by atoms with Gasteiger partial charge in [0.2, 0.25) is 5.91 Å². The van der Waals surface area contributed by atoms with E-state index in [0.717, 1.165) is 11.1 Å². The molecule has 2 aromatic rings. The molecule has 0 aliphatic rings. The fourth-order valence-corrected chi connectivity index (χ4v) is 2.67. The van der Waals surface area contributed by atoms with Crippen LogP contribution in [0.4, 0.5) is 0 Å². The summed E-state index contributed by atoms with van der Waals surface area (Å²) in [7, 11) is 0. The summed E-state index contributed by atoms with van der Waals surface area (Å²) in [4.78, 5) is 24.7. The molecule has 2 rings (SSSR count). The average Bonchev–Trinajstić information content (AvgIpc) is 2.61. The van der Waals surface area contributed by atoms with Crippen LogP contribution in [0, 0.1) is 5.92 Å². The smallest absolute Gasteiger partial charge is 0.328 e. The molecule has 0 aliphatic carbocycles. The first-order chi connectivity index (χ1) is 12.4. The second kappa shape index (κ2) is 9.97. The summed E-state index contributed by atoms with van der Waals surface area (Å²) in [5.41, 5.74) is 1.75. The Morgan fingerprint density at radius 1 is 1.00 bits per heavy atom. The van der Waals surface area contributed by atoms with Crippen LogP contribution < -0.4 is 5.32 Å². The van der Waals surface area contributed by atoms with Crippen molar-refractivity contribution in [2.45, 2.75) is 39.3 Å². The lowest BCUT2D eigenvalue weighted by molar-refractivity contribution is -0.149. The highest BCUT2D eigenvalue weighted by molar-refractivity contribution is 6.30. The molecule has 1 atom stereocenters. The maximum Gasteiger partial charge on any atom is 0.328 e. The van der Waals surface area contributed by atoms with Crippen molar-refractivity contribution in [2.24, 2.45) is 5.92 Å². The first-order valence-corrected chi connectivity index (χ1v) is 9.06. The normalized spacial score (nSPS) is 11.8. The van der Waals surface area contributed by atoms with Crippen molar-refractivity contribution in [2.75, 3.05) is 0 Å². The Labute approximate surface area is 159 Å². The minimum absolute atomic E-state index is 0.192. The quantitative estimate of drug-likeness (QED) is 0.707. The van der Waals surface area contributed by atoms with E-state index in [1.807, 2.05) is 44.2 Å². The lowest BCUT2D eigenvalue weighted by atomic mass is 10.0. The van der Waals surface area contributed by atoms with Gasteiger partial charge in [-0.05, 0) is 35.6 Å². The third kappa shape index (κ3) is 6.89. The van der Waals surface area contributed by atoms with Crippen molar-refractivity contribution < 1.29 is 14.3 Å². The zero-order valence-corrected chi connectivity index (χ0v) is 15.8. The molecule has 2 aromatic carbocycles. The van der Waals surface area contributed by atoms with Gasteiger partial charge < -0.3 is 10.1 Å². The number of hydrogen-bond donors (Lipinski definition) is 1. The zero-order chi connectivity index (χ0) is 18.9. The van der Waals surface area contributed by atoms with Crippen LogP contribution in [-0.4, -0.2) is 17.9 Å². The predicted molar refractivity (Wildman–Crippen MR) is 103 cm³/mol. The van der Waals surface area contributed by atoms with Crippen LogP contribution in [0.25, 0.3) is 0 Å². The molecule has 0 saturated heterocycles. The fourth-order valence-electron chi connectivity index (χ4n) is 2.55. The van der Waals surface area contributed by atoms with Crippen LogP contribution in [0.1, 0.15) is 31.4 Å². The van der Waals surface area contributed by atoms with Crippen LogP contribution in [0.5, 0.6) is 0 Å². The number of rotatable bonds is 8. The summed E-state index contributed by atoms with van der Waals surface area (Å²) < 4.78 is 5.39. The SMILES string of the molecule is CC(C)C[C@H](NC(=O)Cc1ccc(Cl)cc1)C(=O)OCc1ccccc1. The Bertz CT molecular complexity index is 714. The molecule has 0 saturated carbocycles. The van der Waals surface area contributed by atoms with Gasteiger partial charge in [0.1, 0.15) is 12.6 Å². The summed E-state index contributed by atoms with van der Waals surface area (Å²) >= 11 is 5.85. The van der Waals surface area contributed by atoms with Gasteiger partial charge in [0, 0.05) is 5.02 Å². The van der Waals surface area contributed by atoms with E-state index < -0.39 is 12.0 Å². The average molecular weight is 374 g/mol. The van der Waals surface area contributed by atoms with Crippen molar-refractivity contribution in [1.29, 1.82) is 0 Å². The molecule has 0 heterocycles. The van der Waals surface area contributed by atoms with Crippen molar-refractivity contribution >= 4 is 23.5 Å². The minimum Gasteiger partial charge on any atom is -0.459 e. The summed E-state index contributed by atoms with van der Waals surface area (Å²) in [5.74, 6) is -0.373. The molecule has 138 valence electrons. The molecule has 5 heteroatoms. The second-order valence-electron chi connectivity index (χ2n) is 6.65. The van der Waals surface area contributed by atoms with E-state index in [9.17, 15) is 9.59 Å². The lowest BCUT2D eigenvalue weighted by Crippen LogP contribution is -2.43. The van der Waals surface area contributed by atoms with Gasteiger partial charge in [-0.3, -0.25) is 4.79 Å². The van der Waals surface area contributed by atoms with E-state index in [1.165, 1.54) is 0 Å². The number of nitrogens with one attached hydrogen (secondary N) is 1. The summed E-state index contributed by atoms with van der Waals surface area (Å²) in [5, 5.41) is 3.42. The molecule has 1 N–H and O–H groups in total. The van der Waals surface area contributed by atoms with E-state index in [0.29, 0.717) is 11.4 Å². The molecule has 4 nitrogen and oxygen atoms in total. The molecule has 0 spiro atoms. The lowest BCUT2D eigenvalue weighted by Gasteiger charge is -2.19. The Morgan fingerprint density at radius 3 is 2.27 bits per heavy atom. The number of carbonyl (C=O) groups excluding carboxylic acids is 2. The molecular formula is C21H24ClNO3. The van der Waals surface area contributed by atoms with Crippen molar-refractivity contribution in [3.8, 4) is 0 Å². The highest BCUT2D eigenvalue weighted by Crippen LogP contribution is 2.12. The predicted octanol–water partition coefficient (Wildman–Crippen LogP) is 4.16. The Balaban J connectivity index is 1.93. The summed E-state index contributed by atoms with van der Waals surface area (Å²) in [6.07, 6.45) is 0.720. The van der Waals surface area contributed by atoms with Gasteiger partial charge in [-0.15, -0.1) is 0 Å². The number of halogens is 1. The maximum absolute atomic E-state index is 12.4. The first-order valence-electron chi connectivity index (χ1n) is 8.68. The molecule has 26 heavy (non-hydrogen) atoms. The minimum atomic E-state index is -0.654. The van der Waals surface area contributed by atoms with Gasteiger partial charge in [0.25, 0.3) is 0 Å². The molecular weight excluding hydrogens is 350 g/mol. The van der Waals surface area contributed by atoms with Crippen LogP contribution in [0.15, 0.2) is 54.6 Å². The third-order valence-corrected chi connectivity index (χ3v) is 4.08. The monoisotopic (exact) mass is 373 g/mol. The highest BCUT2D eigenvalue weighted by atomic mass is 35.5. The summed E-state index contributed by atoms with van der Waals surface area (Å²) in [6, 6.07) is 15.9. The van der Waals surface area contributed by atoms with E-state index in [-0.39, 0.29) is 24.9 Å². The van der Waals surface area contributed by atoms with Gasteiger partial charge in [-0.2, -0.15) is 0 Å². The van der Waals surface area contributed by atoms with Crippen LogP contribution in [-0.2, 0) is 27.4 Å². The van der Waals surface area contributed by atoms with E-state index in [2.05, 4.69) is 5.32 Å². The molecule has 0 radical (unpaired) electrons. The Kier molecular flexibility index (Phi) is 7.67. The number of hydrogen-bond acceptors (Lipinski definition) is 3. The number of amides is 1. The molecule has 0 fully saturated rings. The Hall–Kier alpha value is -2.33. The number of carbonyl (C=O) groups is 2. The number of ether oxygens (including phenoxy) is 1. The van der Waals surface area contributed by atoms with Gasteiger partial charge in [0.05, 0.1) is 6.42 Å². The van der Waals surface area contributed by atoms with Crippen molar-refractivity contribution in [3.05, 3.63) is 70.7 Å². The van der Waals surface area contributed by atoms with Gasteiger partial charge >= 0.3 is 5.97 Å². The Morgan fingerprint density at radius 2 is 1.65 bits per heavy atom. The van der Waals surface area contributed by atoms with Crippen molar-refractivity contribution in [3.63, 3.8) is 0 Å². The molecule has 0 aliphatic heterocycles. The first kappa shape index (κ1) is 20.0.